The first-order chi connectivity index (χ1) is 10.8. The van der Waals surface area contributed by atoms with Gasteiger partial charge in [0, 0.05) is 24.7 Å². The maximum absolute atomic E-state index is 12.8. The molecule has 1 N–H and O–H groups in total. The molecule has 0 unspecified atom stereocenters. The van der Waals surface area contributed by atoms with E-state index < -0.39 is 12.0 Å². The van der Waals surface area contributed by atoms with Crippen molar-refractivity contribution in [3.8, 4) is 0 Å². The van der Waals surface area contributed by atoms with E-state index in [1.807, 2.05) is 6.92 Å². The average Bonchev–Trinajstić information content (AvgIpc) is 2.78. The summed E-state index contributed by atoms with van der Waals surface area (Å²) >= 11 is 0. The molecule has 6 nitrogen and oxygen atoms in total. The number of aryl methyl sites for hydroxylation is 1. The summed E-state index contributed by atoms with van der Waals surface area (Å²) in [5.41, 5.74) is 1.94. The summed E-state index contributed by atoms with van der Waals surface area (Å²) in [6.45, 7) is 11.1. The molecule has 1 atom stereocenters. The summed E-state index contributed by atoms with van der Waals surface area (Å²) in [4.78, 5) is 41.0. The van der Waals surface area contributed by atoms with E-state index in [1.54, 1.807) is 32.6 Å². The number of H-pyrrole nitrogens is 1. The Balaban J connectivity index is 3.17. The second-order valence-corrected chi connectivity index (χ2v) is 5.60. The van der Waals surface area contributed by atoms with Gasteiger partial charge < -0.3 is 14.6 Å². The number of ether oxygens (including phenoxy) is 1. The fraction of sp³-hybridized carbons (Fsp3) is 0.588. The number of rotatable bonds is 7. The molecule has 0 bridgehead atoms. The van der Waals surface area contributed by atoms with Crippen LogP contribution in [0.15, 0.2) is 0 Å². The van der Waals surface area contributed by atoms with Gasteiger partial charge >= 0.3 is 5.97 Å². The van der Waals surface area contributed by atoms with Crippen LogP contribution in [0.25, 0.3) is 0 Å². The predicted molar refractivity (Wildman–Crippen MR) is 87.7 cm³/mol. The van der Waals surface area contributed by atoms with Crippen LogP contribution in [0.4, 0.5) is 0 Å². The van der Waals surface area contributed by atoms with Gasteiger partial charge in [-0.25, -0.2) is 4.79 Å². The molecule has 0 fully saturated rings. The molecule has 1 aromatic rings. The molecule has 1 rings (SSSR count). The summed E-state index contributed by atoms with van der Waals surface area (Å²) in [5, 5.41) is 0. The third-order valence-corrected chi connectivity index (χ3v) is 3.88. The highest BCUT2D eigenvalue weighted by Gasteiger charge is 2.29. The molecule has 1 heterocycles. The molecule has 0 saturated heterocycles. The number of carbonyl (C=O) groups excluding carboxylic acids is 3. The molecule has 0 radical (unpaired) electrons. The maximum atomic E-state index is 12.8. The topological polar surface area (TPSA) is 79.5 Å². The zero-order valence-corrected chi connectivity index (χ0v) is 14.8. The van der Waals surface area contributed by atoms with Crippen LogP contribution in [-0.2, 0) is 9.53 Å². The van der Waals surface area contributed by atoms with Gasteiger partial charge in [-0.1, -0.05) is 6.92 Å². The summed E-state index contributed by atoms with van der Waals surface area (Å²) in [7, 11) is 0. The molecule has 1 amide bonds. The molecule has 128 valence electrons. The number of ketones is 1. The fourth-order valence-corrected chi connectivity index (χ4v) is 2.74. The Morgan fingerprint density at radius 3 is 2.30 bits per heavy atom. The number of Topliss-reactive ketones (excluding diaryl/α,β-unsaturated/α-hetero) is 1. The van der Waals surface area contributed by atoms with Crippen LogP contribution in [0.3, 0.4) is 0 Å². The van der Waals surface area contributed by atoms with Crippen molar-refractivity contribution >= 4 is 17.7 Å². The number of carbonyl (C=O) groups is 3. The van der Waals surface area contributed by atoms with E-state index in [1.165, 1.54) is 6.92 Å². The van der Waals surface area contributed by atoms with Crippen molar-refractivity contribution in [2.24, 2.45) is 0 Å². The minimum Gasteiger partial charge on any atom is -0.461 e. The van der Waals surface area contributed by atoms with E-state index in [9.17, 15) is 14.4 Å². The molecule has 0 aliphatic carbocycles. The number of aromatic nitrogens is 1. The largest absolute Gasteiger partial charge is 0.461 e. The summed E-state index contributed by atoms with van der Waals surface area (Å²) < 4.78 is 5.00. The molecule has 0 aliphatic rings. The van der Waals surface area contributed by atoms with E-state index in [0.717, 1.165) is 6.42 Å². The second kappa shape index (κ2) is 7.94. The van der Waals surface area contributed by atoms with Gasteiger partial charge in [0.05, 0.1) is 12.6 Å². The zero-order valence-electron chi connectivity index (χ0n) is 14.8. The average molecular weight is 322 g/mol. The predicted octanol–water partition coefficient (Wildman–Crippen LogP) is 2.64. The first-order valence-electron chi connectivity index (χ1n) is 7.93. The Morgan fingerprint density at radius 2 is 1.83 bits per heavy atom. The molecule has 0 spiro atoms. The van der Waals surface area contributed by atoms with Gasteiger partial charge in [0.15, 0.2) is 5.78 Å². The number of amides is 1. The van der Waals surface area contributed by atoms with E-state index in [0.29, 0.717) is 29.1 Å². The van der Waals surface area contributed by atoms with Crippen LogP contribution in [0.1, 0.15) is 66.2 Å². The van der Waals surface area contributed by atoms with Crippen molar-refractivity contribution in [3.63, 3.8) is 0 Å². The molecule has 0 aliphatic heterocycles. The normalized spacial score (nSPS) is 11.9. The zero-order chi connectivity index (χ0) is 17.7. The van der Waals surface area contributed by atoms with Gasteiger partial charge in [0.1, 0.15) is 5.69 Å². The Hall–Kier alpha value is -2.11. The van der Waals surface area contributed by atoms with E-state index in [-0.39, 0.29) is 18.3 Å². The third-order valence-electron chi connectivity index (χ3n) is 3.88. The van der Waals surface area contributed by atoms with Crippen molar-refractivity contribution in [1.29, 1.82) is 0 Å². The number of aromatic amines is 1. The number of hydrogen-bond donors (Lipinski definition) is 1. The Morgan fingerprint density at radius 1 is 1.22 bits per heavy atom. The van der Waals surface area contributed by atoms with Crippen LogP contribution >= 0.6 is 0 Å². The molecule has 1 aromatic heterocycles. The smallest absolute Gasteiger partial charge is 0.355 e. The fourth-order valence-electron chi connectivity index (χ4n) is 2.74. The Labute approximate surface area is 137 Å². The minimum absolute atomic E-state index is 0.135. The lowest BCUT2D eigenvalue weighted by atomic mass is 9.99. The maximum Gasteiger partial charge on any atom is 0.355 e. The molecular formula is C17H26N2O4. The van der Waals surface area contributed by atoms with E-state index in [2.05, 4.69) is 4.98 Å². The van der Waals surface area contributed by atoms with Crippen molar-refractivity contribution in [1.82, 2.24) is 9.88 Å². The monoisotopic (exact) mass is 322 g/mol. The van der Waals surface area contributed by atoms with Crippen LogP contribution in [0.5, 0.6) is 0 Å². The molecule has 0 saturated carbocycles. The first-order valence-corrected chi connectivity index (χ1v) is 7.93. The number of hydrogen-bond acceptors (Lipinski definition) is 4. The van der Waals surface area contributed by atoms with Crippen LogP contribution in [0, 0.1) is 13.8 Å². The Bertz CT molecular complexity index is 604. The standard InChI is InChI=1S/C17H26N2O4/c1-7-9-19(13(6)20)12(5)16(21)14-10(3)15(18-11(14)4)17(22)23-8-2/h12,18H,7-9H2,1-6H3/t12-/m1/s1. The second-order valence-electron chi connectivity index (χ2n) is 5.60. The minimum atomic E-state index is -0.573. The number of nitrogens with zero attached hydrogens (tertiary/aromatic N) is 1. The van der Waals surface area contributed by atoms with Crippen molar-refractivity contribution < 1.29 is 19.1 Å². The summed E-state index contributed by atoms with van der Waals surface area (Å²) in [6, 6.07) is -0.573. The Kier molecular flexibility index (Phi) is 6.54. The van der Waals surface area contributed by atoms with Gasteiger partial charge in [0.25, 0.3) is 0 Å². The molecule has 6 heteroatoms. The van der Waals surface area contributed by atoms with Gasteiger partial charge in [-0.15, -0.1) is 0 Å². The number of esters is 1. The highest BCUT2D eigenvalue weighted by molar-refractivity contribution is 6.06. The first kappa shape index (κ1) is 18.9. The lowest BCUT2D eigenvalue weighted by Crippen LogP contribution is -2.42. The lowest BCUT2D eigenvalue weighted by molar-refractivity contribution is -0.130. The van der Waals surface area contributed by atoms with Crippen LogP contribution in [0.2, 0.25) is 0 Å². The van der Waals surface area contributed by atoms with Crippen molar-refractivity contribution in [2.75, 3.05) is 13.2 Å². The molecular weight excluding hydrogens is 296 g/mol. The van der Waals surface area contributed by atoms with Gasteiger partial charge in [-0.2, -0.15) is 0 Å². The highest BCUT2D eigenvalue weighted by Crippen LogP contribution is 2.22. The van der Waals surface area contributed by atoms with Crippen LogP contribution in [-0.4, -0.2) is 46.7 Å². The summed E-state index contributed by atoms with van der Waals surface area (Å²) in [5.74, 6) is -0.781. The van der Waals surface area contributed by atoms with Crippen molar-refractivity contribution in [2.45, 2.75) is 54.0 Å². The van der Waals surface area contributed by atoms with Gasteiger partial charge in [-0.05, 0) is 39.7 Å². The lowest BCUT2D eigenvalue weighted by Gasteiger charge is -2.27. The summed E-state index contributed by atoms with van der Waals surface area (Å²) in [6.07, 6.45) is 0.774. The van der Waals surface area contributed by atoms with E-state index >= 15 is 0 Å². The van der Waals surface area contributed by atoms with Crippen LogP contribution < -0.4 is 0 Å². The molecule has 23 heavy (non-hydrogen) atoms. The van der Waals surface area contributed by atoms with Gasteiger partial charge in [-0.3, -0.25) is 9.59 Å². The highest BCUT2D eigenvalue weighted by atomic mass is 16.5. The SMILES string of the molecule is CCCN(C(C)=O)[C@H](C)C(=O)c1c(C)[nH]c(C(=O)OCC)c1C. The van der Waals surface area contributed by atoms with Gasteiger partial charge in [0.2, 0.25) is 5.91 Å². The van der Waals surface area contributed by atoms with Crippen molar-refractivity contribution in [3.05, 3.63) is 22.5 Å². The third kappa shape index (κ3) is 4.00. The quantitative estimate of drug-likeness (QED) is 0.618. The van der Waals surface area contributed by atoms with E-state index in [4.69, 9.17) is 4.74 Å². The molecule has 0 aromatic carbocycles. The number of nitrogens with one attached hydrogen (secondary N) is 1.